The van der Waals surface area contributed by atoms with Crippen LogP contribution >= 0.6 is 0 Å². The zero-order valence-corrected chi connectivity index (χ0v) is 6.36. The molecule has 0 aliphatic heterocycles. The van der Waals surface area contributed by atoms with Crippen molar-refractivity contribution in [1.82, 2.24) is 15.2 Å². The van der Waals surface area contributed by atoms with E-state index in [2.05, 4.69) is 15.2 Å². The summed E-state index contributed by atoms with van der Waals surface area (Å²) >= 11 is 0. The van der Waals surface area contributed by atoms with Crippen molar-refractivity contribution in [3.8, 4) is 11.3 Å². The van der Waals surface area contributed by atoms with Crippen molar-refractivity contribution in [3.63, 3.8) is 0 Å². The second-order valence-corrected chi connectivity index (χ2v) is 2.44. The topological polar surface area (TPSA) is 67.6 Å². The number of nitrogens with zero attached hydrogens (tertiary/aromatic N) is 2. The first-order chi connectivity index (χ1) is 5.86. The Kier molecular flexibility index (Phi) is 1.51. The molecule has 4 nitrogen and oxygen atoms in total. The van der Waals surface area contributed by atoms with Gasteiger partial charge in [-0.3, -0.25) is 10.1 Å². The Morgan fingerprint density at radius 2 is 2.00 bits per heavy atom. The van der Waals surface area contributed by atoms with Gasteiger partial charge in [-0.05, 0) is 12.1 Å². The molecule has 0 saturated carbocycles. The summed E-state index contributed by atoms with van der Waals surface area (Å²) in [6.45, 7) is 0. The smallest absolute Gasteiger partial charge is 0.145 e. The lowest BCUT2D eigenvalue weighted by molar-refractivity contribution is 1.10. The number of anilines is 1. The van der Waals surface area contributed by atoms with Crippen LogP contribution in [-0.2, 0) is 0 Å². The average molecular weight is 160 g/mol. The highest BCUT2D eigenvalue weighted by molar-refractivity contribution is 5.60. The largest absolute Gasteiger partial charge is 0.382 e. The van der Waals surface area contributed by atoms with Crippen LogP contribution < -0.4 is 5.73 Å². The van der Waals surface area contributed by atoms with E-state index in [4.69, 9.17) is 5.73 Å². The zero-order chi connectivity index (χ0) is 8.39. The van der Waals surface area contributed by atoms with Crippen LogP contribution in [0.15, 0.2) is 30.6 Å². The van der Waals surface area contributed by atoms with Crippen LogP contribution in [0.2, 0.25) is 0 Å². The number of hydrogen-bond acceptors (Lipinski definition) is 3. The molecule has 2 aromatic heterocycles. The Morgan fingerprint density at radius 3 is 2.58 bits per heavy atom. The molecule has 0 atom stereocenters. The lowest BCUT2D eigenvalue weighted by Crippen LogP contribution is -1.81. The Labute approximate surface area is 69.4 Å². The van der Waals surface area contributed by atoms with E-state index < -0.39 is 0 Å². The average Bonchev–Trinajstić information content (AvgIpc) is 2.54. The number of aromatic nitrogens is 3. The molecule has 0 aliphatic carbocycles. The number of pyridine rings is 1. The number of nitrogen functional groups attached to an aromatic ring is 1. The molecule has 2 aromatic rings. The first-order valence-electron chi connectivity index (χ1n) is 3.57. The van der Waals surface area contributed by atoms with Crippen molar-refractivity contribution in [2.24, 2.45) is 0 Å². The molecule has 0 saturated heterocycles. The van der Waals surface area contributed by atoms with Crippen LogP contribution in [-0.4, -0.2) is 15.2 Å². The third kappa shape index (κ3) is 1.14. The fraction of sp³-hybridized carbons (Fsp3) is 0. The van der Waals surface area contributed by atoms with Crippen LogP contribution in [0.5, 0.6) is 0 Å². The number of nitrogens with one attached hydrogen (secondary N) is 1. The maximum Gasteiger partial charge on any atom is 0.145 e. The van der Waals surface area contributed by atoms with Gasteiger partial charge in [0.1, 0.15) is 5.82 Å². The summed E-state index contributed by atoms with van der Waals surface area (Å²) in [5, 5.41) is 6.64. The third-order valence-corrected chi connectivity index (χ3v) is 1.59. The van der Waals surface area contributed by atoms with Gasteiger partial charge in [-0.15, -0.1) is 0 Å². The number of aromatic amines is 1. The van der Waals surface area contributed by atoms with Gasteiger partial charge in [0.2, 0.25) is 0 Å². The fourth-order valence-corrected chi connectivity index (χ4v) is 1.02. The highest BCUT2D eigenvalue weighted by Crippen LogP contribution is 2.16. The normalized spacial score (nSPS) is 10.0. The Morgan fingerprint density at radius 1 is 1.25 bits per heavy atom. The molecule has 0 aromatic carbocycles. The second-order valence-electron chi connectivity index (χ2n) is 2.44. The van der Waals surface area contributed by atoms with Gasteiger partial charge in [0, 0.05) is 24.0 Å². The first kappa shape index (κ1) is 6.84. The van der Waals surface area contributed by atoms with Gasteiger partial charge >= 0.3 is 0 Å². The molecule has 0 spiro atoms. The number of nitrogens with two attached hydrogens (primary N) is 1. The van der Waals surface area contributed by atoms with Crippen molar-refractivity contribution in [2.75, 3.05) is 5.73 Å². The van der Waals surface area contributed by atoms with Crippen molar-refractivity contribution in [2.45, 2.75) is 0 Å². The highest BCUT2D eigenvalue weighted by atomic mass is 15.2. The van der Waals surface area contributed by atoms with Crippen LogP contribution in [0.1, 0.15) is 0 Å². The van der Waals surface area contributed by atoms with E-state index in [1.54, 1.807) is 18.5 Å². The molecular weight excluding hydrogens is 152 g/mol. The maximum absolute atomic E-state index is 5.46. The third-order valence-electron chi connectivity index (χ3n) is 1.59. The molecule has 2 heterocycles. The SMILES string of the molecule is Nc1cc(-c2ccncc2)[nH]n1. The Balaban J connectivity index is 2.45. The van der Waals surface area contributed by atoms with Crippen LogP contribution in [0, 0.1) is 0 Å². The van der Waals surface area contributed by atoms with Crippen molar-refractivity contribution in [3.05, 3.63) is 30.6 Å². The van der Waals surface area contributed by atoms with E-state index in [9.17, 15) is 0 Å². The molecule has 60 valence electrons. The summed E-state index contributed by atoms with van der Waals surface area (Å²) in [5.74, 6) is 0.502. The molecule has 2 rings (SSSR count). The van der Waals surface area contributed by atoms with E-state index in [0.29, 0.717) is 5.82 Å². The minimum atomic E-state index is 0.502. The second kappa shape index (κ2) is 2.65. The summed E-state index contributed by atoms with van der Waals surface area (Å²) in [7, 11) is 0. The fourth-order valence-electron chi connectivity index (χ4n) is 1.02. The number of rotatable bonds is 1. The zero-order valence-electron chi connectivity index (χ0n) is 6.36. The molecule has 0 unspecified atom stereocenters. The summed E-state index contributed by atoms with van der Waals surface area (Å²) in [4.78, 5) is 3.91. The van der Waals surface area contributed by atoms with Gasteiger partial charge < -0.3 is 5.73 Å². The highest BCUT2D eigenvalue weighted by Gasteiger charge is 1.98. The molecule has 3 N–H and O–H groups in total. The van der Waals surface area contributed by atoms with Crippen LogP contribution in [0.3, 0.4) is 0 Å². The first-order valence-corrected chi connectivity index (χ1v) is 3.57. The van der Waals surface area contributed by atoms with E-state index in [-0.39, 0.29) is 0 Å². The molecule has 4 heteroatoms. The molecule has 0 bridgehead atoms. The van der Waals surface area contributed by atoms with Gasteiger partial charge in [-0.25, -0.2) is 0 Å². The molecule has 0 radical (unpaired) electrons. The van der Waals surface area contributed by atoms with E-state index in [1.165, 1.54) is 0 Å². The van der Waals surface area contributed by atoms with Crippen molar-refractivity contribution >= 4 is 5.82 Å². The van der Waals surface area contributed by atoms with Gasteiger partial charge in [-0.1, -0.05) is 0 Å². The number of H-pyrrole nitrogens is 1. The monoisotopic (exact) mass is 160 g/mol. The summed E-state index contributed by atoms with van der Waals surface area (Å²) in [6, 6.07) is 5.58. The quantitative estimate of drug-likeness (QED) is 0.655. The summed E-state index contributed by atoms with van der Waals surface area (Å²) < 4.78 is 0. The Bertz CT molecular complexity index is 366. The van der Waals surface area contributed by atoms with Gasteiger partial charge in [-0.2, -0.15) is 5.10 Å². The molecule has 12 heavy (non-hydrogen) atoms. The van der Waals surface area contributed by atoms with Crippen LogP contribution in [0.25, 0.3) is 11.3 Å². The van der Waals surface area contributed by atoms with Gasteiger partial charge in [0.05, 0.1) is 5.69 Å². The minimum absolute atomic E-state index is 0.502. The number of hydrogen-bond donors (Lipinski definition) is 2. The lowest BCUT2D eigenvalue weighted by atomic mass is 10.2. The standard InChI is InChI=1S/C8H8N4/c9-8-5-7(11-12-8)6-1-3-10-4-2-6/h1-5H,(H3,9,11,12). The van der Waals surface area contributed by atoms with E-state index in [0.717, 1.165) is 11.3 Å². The molecular formula is C8H8N4. The Hall–Kier alpha value is -1.84. The predicted octanol–water partition coefficient (Wildman–Crippen LogP) is 1.05. The summed E-state index contributed by atoms with van der Waals surface area (Å²) in [5.41, 5.74) is 7.41. The minimum Gasteiger partial charge on any atom is -0.382 e. The maximum atomic E-state index is 5.46. The van der Waals surface area contributed by atoms with Gasteiger partial charge in [0.15, 0.2) is 0 Å². The summed E-state index contributed by atoms with van der Waals surface area (Å²) in [6.07, 6.45) is 3.46. The molecule has 0 fully saturated rings. The molecule has 0 aliphatic rings. The lowest BCUT2D eigenvalue weighted by Gasteiger charge is -1.92. The van der Waals surface area contributed by atoms with Crippen molar-refractivity contribution in [1.29, 1.82) is 0 Å². The van der Waals surface area contributed by atoms with Crippen molar-refractivity contribution < 1.29 is 0 Å². The van der Waals surface area contributed by atoms with Gasteiger partial charge in [0.25, 0.3) is 0 Å². The molecule has 0 amide bonds. The van der Waals surface area contributed by atoms with Crippen LogP contribution in [0.4, 0.5) is 5.82 Å². The van der Waals surface area contributed by atoms with E-state index in [1.807, 2.05) is 12.1 Å². The van der Waals surface area contributed by atoms with E-state index >= 15 is 0 Å². The predicted molar refractivity (Wildman–Crippen MR) is 46.2 cm³/mol.